The molecule has 0 spiro atoms. The average Bonchev–Trinajstić information content (AvgIpc) is 3.44. The molecule has 2 fully saturated rings. The van der Waals surface area contributed by atoms with E-state index in [2.05, 4.69) is 10.6 Å². The molecule has 1 saturated heterocycles. The van der Waals surface area contributed by atoms with Crippen molar-refractivity contribution in [3.63, 3.8) is 0 Å². The van der Waals surface area contributed by atoms with Crippen LogP contribution in [0.1, 0.15) is 71.3 Å². The van der Waals surface area contributed by atoms with Gasteiger partial charge >= 0.3 is 0 Å². The number of nitrogens with one attached hydrogen (secondary N) is 2. The third kappa shape index (κ3) is 12.7. The summed E-state index contributed by atoms with van der Waals surface area (Å²) in [6.45, 7) is 6.35. The second kappa shape index (κ2) is 16.5. The highest BCUT2D eigenvalue weighted by atomic mass is 32.2. The van der Waals surface area contributed by atoms with Gasteiger partial charge < -0.3 is 15.5 Å². The van der Waals surface area contributed by atoms with Gasteiger partial charge in [0.05, 0.1) is 18.7 Å². The quantitative estimate of drug-likeness (QED) is 0.0935. The molecular weight excluding hydrogens is 605 g/mol. The fourth-order valence-corrected chi connectivity index (χ4v) is 5.53. The van der Waals surface area contributed by atoms with Gasteiger partial charge in [-0.25, -0.2) is 18.2 Å². The van der Waals surface area contributed by atoms with Crippen LogP contribution < -0.4 is 10.6 Å². The lowest BCUT2D eigenvalue weighted by Gasteiger charge is -2.39. The number of nitrogens with zero attached hydrogens (tertiary/aromatic N) is 2. The van der Waals surface area contributed by atoms with Crippen LogP contribution in [0.3, 0.4) is 0 Å². The predicted octanol–water partition coefficient (Wildman–Crippen LogP) is 3.26. The zero-order valence-corrected chi connectivity index (χ0v) is 26.5. The number of benzene rings is 1. The highest BCUT2D eigenvalue weighted by Gasteiger charge is 2.38. The number of amides is 3. The molecule has 0 aromatic heterocycles. The average molecular weight is 651 g/mol. The molecule has 4 N–H and O–H groups in total. The Morgan fingerprint density at radius 2 is 1.61 bits per heavy atom. The number of rotatable bonds is 11. The molecule has 2 aliphatic rings. The normalized spacial score (nSPS) is 17.8. The van der Waals surface area contributed by atoms with Gasteiger partial charge in [-0.2, -0.15) is 8.42 Å². The van der Waals surface area contributed by atoms with Crippen LogP contribution in [0.2, 0.25) is 0 Å². The summed E-state index contributed by atoms with van der Waals surface area (Å²) >= 11 is 0. The van der Waals surface area contributed by atoms with Crippen molar-refractivity contribution in [2.45, 2.75) is 84.3 Å². The summed E-state index contributed by atoms with van der Waals surface area (Å²) in [7, 11) is -3.67. The van der Waals surface area contributed by atoms with Crippen molar-refractivity contribution >= 4 is 28.3 Å². The van der Waals surface area contributed by atoms with E-state index in [1.165, 1.54) is 0 Å². The zero-order valence-electron chi connectivity index (χ0n) is 25.7. The molecule has 250 valence electrons. The van der Waals surface area contributed by atoms with Crippen molar-refractivity contribution in [1.29, 1.82) is 0 Å². The lowest BCUT2D eigenvalue weighted by atomic mass is 9.84. The molecule has 44 heavy (non-hydrogen) atoms. The number of halogens is 3. The molecule has 1 aromatic rings. The third-order valence-electron chi connectivity index (χ3n) is 7.87. The Balaban J connectivity index is 0.00000125. The van der Waals surface area contributed by atoms with E-state index < -0.39 is 44.9 Å². The van der Waals surface area contributed by atoms with E-state index in [1.54, 1.807) is 4.90 Å². The third-order valence-corrected chi connectivity index (χ3v) is 7.87. The fourth-order valence-electron chi connectivity index (χ4n) is 5.53. The van der Waals surface area contributed by atoms with E-state index >= 15 is 0 Å². The van der Waals surface area contributed by atoms with Crippen LogP contribution in [0.15, 0.2) is 12.1 Å². The second-order valence-corrected chi connectivity index (χ2v) is 14.2. The molecule has 1 aliphatic carbocycles. The largest absolute Gasteiger partial charge is 0.344 e. The number of piperidine rings is 1. The first-order valence-corrected chi connectivity index (χ1v) is 16.5. The summed E-state index contributed by atoms with van der Waals surface area (Å²) in [5, 5.41) is 16.4. The Kier molecular flexibility index (Phi) is 14.1. The number of carbonyl (C=O) groups excluding carboxylic acids is 3. The van der Waals surface area contributed by atoms with Crippen molar-refractivity contribution in [2.24, 2.45) is 17.3 Å². The van der Waals surface area contributed by atoms with Gasteiger partial charge in [0, 0.05) is 37.3 Å². The highest BCUT2D eigenvalue weighted by molar-refractivity contribution is 7.85. The van der Waals surface area contributed by atoms with Gasteiger partial charge in [0.2, 0.25) is 18.2 Å². The molecule has 1 aliphatic heterocycles. The van der Waals surface area contributed by atoms with Crippen LogP contribution in [0.4, 0.5) is 13.2 Å². The number of likely N-dealkylation sites (tertiary alicyclic amines) is 1. The highest BCUT2D eigenvalue weighted by Crippen LogP contribution is 2.31. The lowest BCUT2D eigenvalue weighted by Crippen LogP contribution is -2.58. The van der Waals surface area contributed by atoms with Gasteiger partial charge in [0.1, 0.15) is 11.9 Å². The Morgan fingerprint density at radius 3 is 2.14 bits per heavy atom. The van der Waals surface area contributed by atoms with Crippen molar-refractivity contribution in [3.05, 3.63) is 35.1 Å². The summed E-state index contributed by atoms with van der Waals surface area (Å²) in [5.41, 5.74) is -0.556. The van der Waals surface area contributed by atoms with Crippen LogP contribution in [0.25, 0.3) is 0 Å². The predicted molar refractivity (Wildman–Crippen MR) is 156 cm³/mol. The van der Waals surface area contributed by atoms with Gasteiger partial charge in [-0.3, -0.25) is 24.1 Å². The molecular formula is C29H45F3N4O7S. The Bertz CT molecular complexity index is 1220. The first-order chi connectivity index (χ1) is 20.4. The number of carbonyl (C=O) groups is 3. The van der Waals surface area contributed by atoms with E-state index in [-0.39, 0.29) is 42.9 Å². The van der Waals surface area contributed by atoms with Crippen LogP contribution in [0.5, 0.6) is 0 Å². The van der Waals surface area contributed by atoms with Gasteiger partial charge in [0.25, 0.3) is 10.1 Å². The fraction of sp³-hybridized carbons (Fsp3) is 0.690. The molecule has 0 radical (unpaired) electrons. The minimum Gasteiger partial charge on any atom is -0.344 e. The molecule has 0 unspecified atom stereocenters. The van der Waals surface area contributed by atoms with Crippen molar-refractivity contribution in [2.75, 3.05) is 25.9 Å². The van der Waals surface area contributed by atoms with E-state index in [0.717, 1.165) is 31.7 Å². The van der Waals surface area contributed by atoms with Crippen LogP contribution in [0, 0.1) is 34.7 Å². The summed E-state index contributed by atoms with van der Waals surface area (Å²) in [6.07, 6.45) is 6.88. The molecule has 1 heterocycles. The van der Waals surface area contributed by atoms with Crippen molar-refractivity contribution < 1.29 is 45.7 Å². The SMILES string of the molecule is CC(C)(C)[C@H](NC(=O)[C@H](CC1CCCC1)CN(O)C=O)C(=O)N1CCC(NCc2cc(F)c(F)cc2F)CC1.CS(=O)(=O)O. The van der Waals surface area contributed by atoms with E-state index in [1.807, 2.05) is 20.8 Å². The topological polar surface area (TPSA) is 156 Å². The zero-order chi connectivity index (χ0) is 33.2. The molecule has 1 aromatic carbocycles. The van der Waals surface area contributed by atoms with E-state index in [0.29, 0.717) is 55.7 Å². The van der Waals surface area contributed by atoms with Crippen LogP contribution in [-0.4, -0.2) is 84.3 Å². The molecule has 11 nitrogen and oxygen atoms in total. The number of hydroxylamine groups is 2. The molecule has 3 rings (SSSR count). The second-order valence-electron chi connectivity index (χ2n) is 12.7. The molecule has 3 amide bonds. The standard InChI is InChI=1S/C28H41F3N4O4.CH4O3S/c1-28(2,3)25(33-26(37)20(16-35(39)17-36)12-18-6-4-5-7-18)27(38)34-10-8-21(9-11-34)32-15-19-13-23(30)24(31)14-22(19)29;1-5(2,3)4/h13-14,17-18,20-21,25,32,39H,4-12,15-16H2,1-3H3,(H,33,37);1H3,(H,2,3,4)/t20-,25-;/m1./s1. The Hall–Kier alpha value is -2.75. The summed E-state index contributed by atoms with van der Waals surface area (Å²) in [4.78, 5) is 39.6. The number of hydrogen-bond acceptors (Lipinski definition) is 7. The Morgan fingerprint density at radius 1 is 1.07 bits per heavy atom. The van der Waals surface area contributed by atoms with Gasteiger partial charge in [0.15, 0.2) is 11.6 Å². The van der Waals surface area contributed by atoms with Crippen molar-refractivity contribution in [3.8, 4) is 0 Å². The summed E-state index contributed by atoms with van der Waals surface area (Å²) in [6, 6.07) is 0.529. The molecule has 0 bridgehead atoms. The lowest BCUT2D eigenvalue weighted by molar-refractivity contribution is -0.156. The Labute approximate surface area is 257 Å². The van der Waals surface area contributed by atoms with Gasteiger partial charge in [-0.1, -0.05) is 46.5 Å². The van der Waals surface area contributed by atoms with Crippen molar-refractivity contribution in [1.82, 2.24) is 20.6 Å². The molecule has 1 saturated carbocycles. The van der Waals surface area contributed by atoms with E-state index in [9.17, 15) is 41.2 Å². The molecule has 15 heteroatoms. The smallest absolute Gasteiger partial charge is 0.261 e. The van der Waals surface area contributed by atoms with Crippen LogP contribution in [-0.2, 0) is 31.0 Å². The maximum atomic E-state index is 13.9. The first kappa shape index (κ1) is 37.4. The first-order valence-electron chi connectivity index (χ1n) is 14.7. The van der Waals surface area contributed by atoms with E-state index in [4.69, 9.17) is 4.55 Å². The van der Waals surface area contributed by atoms with Crippen LogP contribution >= 0.6 is 0 Å². The van der Waals surface area contributed by atoms with Gasteiger partial charge in [-0.15, -0.1) is 0 Å². The number of hydrogen-bond donors (Lipinski definition) is 4. The minimum atomic E-state index is -3.67. The monoisotopic (exact) mass is 650 g/mol. The van der Waals surface area contributed by atoms with Gasteiger partial charge in [-0.05, 0) is 36.7 Å². The summed E-state index contributed by atoms with van der Waals surface area (Å²) in [5.74, 6) is -4.01. The summed E-state index contributed by atoms with van der Waals surface area (Å²) < 4.78 is 66.5. The maximum absolute atomic E-state index is 13.9. The minimum absolute atomic E-state index is 0.0334. The maximum Gasteiger partial charge on any atom is 0.261 e. The molecule has 2 atom stereocenters.